The molecule has 0 radical (unpaired) electrons. The highest BCUT2D eigenvalue weighted by molar-refractivity contribution is 5.01. The monoisotopic (exact) mass is 322 g/mol. The Hall–Kier alpha value is -0.460. The van der Waals surface area contributed by atoms with Gasteiger partial charge in [-0.2, -0.15) is 0 Å². The Bertz CT molecular complexity index is 280. The molecule has 0 spiro atoms. The summed E-state index contributed by atoms with van der Waals surface area (Å²) in [5, 5.41) is 0. The molecule has 1 nitrogen and oxygen atoms in total. The quantitative estimate of drug-likeness (QED) is 0.232. The van der Waals surface area contributed by atoms with Crippen molar-refractivity contribution in [3.63, 3.8) is 0 Å². The lowest BCUT2D eigenvalue weighted by atomic mass is 10.0. The lowest BCUT2D eigenvalue weighted by Crippen LogP contribution is -1.87. The van der Waals surface area contributed by atoms with E-state index in [1.54, 1.807) is 0 Å². The molecule has 0 N–H and O–H groups in total. The molecule has 0 atom stereocenters. The van der Waals surface area contributed by atoms with Gasteiger partial charge in [-0.15, -0.1) is 0 Å². The van der Waals surface area contributed by atoms with Crippen LogP contribution in [0.2, 0.25) is 0 Å². The zero-order valence-corrected chi connectivity index (χ0v) is 16.1. The van der Waals surface area contributed by atoms with Crippen LogP contribution in [0, 0.1) is 5.92 Å². The molecule has 1 heteroatoms. The van der Waals surface area contributed by atoms with E-state index in [2.05, 4.69) is 13.8 Å². The Kier molecular flexibility index (Phi) is 13.5. The van der Waals surface area contributed by atoms with E-state index >= 15 is 0 Å². The SMILES string of the molecule is CC(C)CCCCCCCCCCCCCCCCCC1=CO1. The fraction of sp³-hybridized carbons (Fsp3) is 0.909. The zero-order valence-electron chi connectivity index (χ0n) is 16.1. The van der Waals surface area contributed by atoms with Crippen LogP contribution in [0.25, 0.3) is 0 Å². The number of allylic oxidation sites excluding steroid dienone is 1. The summed E-state index contributed by atoms with van der Waals surface area (Å²) < 4.78 is 5.03. The fourth-order valence-electron chi connectivity index (χ4n) is 3.31. The predicted octanol–water partition coefficient (Wildman–Crippen LogP) is 8.15. The molecule has 1 rings (SSSR count). The smallest absolute Gasteiger partial charge is 0.138 e. The first-order chi connectivity index (χ1) is 11.3. The summed E-state index contributed by atoms with van der Waals surface area (Å²) in [6.07, 6.45) is 26.2. The van der Waals surface area contributed by atoms with Crippen molar-refractivity contribution in [3.8, 4) is 0 Å². The number of rotatable bonds is 18. The van der Waals surface area contributed by atoms with Gasteiger partial charge >= 0.3 is 0 Å². The highest BCUT2D eigenvalue weighted by Gasteiger charge is 2.07. The van der Waals surface area contributed by atoms with Crippen LogP contribution in [-0.2, 0) is 4.74 Å². The van der Waals surface area contributed by atoms with E-state index in [4.69, 9.17) is 4.74 Å². The minimum absolute atomic E-state index is 0.894. The molecule has 23 heavy (non-hydrogen) atoms. The molecule has 0 aliphatic carbocycles. The van der Waals surface area contributed by atoms with E-state index in [0.717, 1.165) is 5.92 Å². The average Bonchev–Trinajstić information content (AvgIpc) is 3.34. The molecule has 0 bridgehead atoms. The van der Waals surface area contributed by atoms with Crippen LogP contribution >= 0.6 is 0 Å². The largest absolute Gasteiger partial charge is 0.463 e. The molecule has 136 valence electrons. The van der Waals surface area contributed by atoms with E-state index in [0.29, 0.717) is 0 Å². The Morgan fingerprint density at radius 2 is 0.957 bits per heavy atom. The second kappa shape index (κ2) is 15.1. The molecule has 1 aliphatic rings. The fourth-order valence-corrected chi connectivity index (χ4v) is 3.31. The second-order valence-corrected chi connectivity index (χ2v) is 7.94. The van der Waals surface area contributed by atoms with Crippen LogP contribution in [0.15, 0.2) is 12.0 Å². The van der Waals surface area contributed by atoms with Crippen molar-refractivity contribution in [1.29, 1.82) is 0 Å². The molecule has 0 amide bonds. The Morgan fingerprint density at radius 3 is 1.30 bits per heavy atom. The van der Waals surface area contributed by atoms with Crippen molar-refractivity contribution in [3.05, 3.63) is 12.0 Å². The number of ether oxygens (including phenoxy) is 1. The van der Waals surface area contributed by atoms with E-state index in [9.17, 15) is 0 Å². The van der Waals surface area contributed by atoms with Crippen molar-refractivity contribution in [2.75, 3.05) is 0 Å². The summed E-state index contributed by atoms with van der Waals surface area (Å²) in [5.74, 6) is 2.12. The third-order valence-corrected chi connectivity index (χ3v) is 4.99. The molecule has 0 saturated heterocycles. The third-order valence-electron chi connectivity index (χ3n) is 4.99. The van der Waals surface area contributed by atoms with Gasteiger partial charge in [-0.3, -0.25) is 0 Å². The Balaban J connectivity index is 1.61. The van der Waals surface area contributed by atoms with Crippen molar-refractivity contribution in [2.24, 2.45) is 5.92 Å². The molecule has 0 aromatic heterocycles. The van der Waals surface area contributed by atoms with Crippen LogP contribution in [0.5, 0.6) is 0 Å². The highest BCUT2D eigenvalue weighted by atomic mass is 16.5. The van der Waals surface area contributed by atoms with Gasteiger partial charge < -0.3 is 4.74 Å². The molecule has 0 aromatic rings. The summed E-state index contributed by atoms with van der Waals surface area (Å²) >= 11 is 0. The summed E-state index contributed by atoms with van der Waals surface area (Å²) in [5.41, 5.74) is 0. The highest BCUT2D eigenvalue weighted by Crippen LogP contribution is 2.21. The average molecular weight is 323 g/mol. The molecule has 0 aromatic carbocycles. The number of unbranched alkanes of at least 4 members (excludes halogenated alkanes) is 14. The van der Waals surface area contributed by atoms with E-state index in [-0.39, 0.29) is 0 Å². The van der Waals surface area contributed by atoms with Crippen molar-refractivity contribution in [2.45, 2.75) is 123 Å². The zero-order chi connectivity index (χ0) is 16.6. The van der Waals surface area contributed by atoms with Gasteiger partial charge in [0.05, 0.1) is 0 Å². The topological polar surface area (TPSA) is 12.5 Å². The minimum atomic E-state index is 0.894. The number of hydrogen-bond donors (Lipinski definition) is 0. The Morgan fingerprint density at radius 1 is 0.609 bits per heavy atom. The Labute approximate surface area is 146 Å². The lowest BCUT2D eigenvalue weighted by molar-refractivity contribution is 0.469. The molecule has 1 aliphatic heterocycles. The van der Waals surface area contributed by atoms with Gasteiger partial charge in [0, 0.05) is 6.42 Å². The molecule has 0 fully saturated rings. The van der Waals surface area contributed by atoms with Crippen molar-refractivity contribution in [1.82, 2.24) is 0 Å². The van der Waals surface area contributed by atoms with E-state index in [1.165, 1.54) is 115 Å². The van der Waals surface area contributed by atoms with Crippen LogP contribution in [0.1, 0.15) is 123 Å². The molecular weight excluding hydrogens is 280 g/mol. The maximum absolute atomic E-state index is 5.03. The summed E-state index contributed by atoms with van der Waals surface area (Å²) in [6, 6.07) is 0. The van der Waals surface area contributed by atoms with Gasteiger partial charge in [-0.05, 0) is 12.3 Å². The number of hydrogen-bond acceptors (Lipinski definition) is 1. The first-order valence-electron chi connectivity index (χ1n) is 10.6. The molecule has 0 saturated carbocycles. The van der Waals surface area contributed by atoms with Crippen molar-refractivity contribution >= 4 is 0 Å². The van der Waals surface area contributed by atoms with E-state index in [1.807, 2.05) is 6.26 Å². The molecule has 1 heterocycles. The minimum Gasteiger partial charge on any atom is -0.463 e. The normalized spacial score (nSPS) is 13.3. The molecular formula is C22H42O. The van der Waals surface area contributed by atoms with Gasteiger partial charge in [-0.1, -0.05) is 110 Å². The summed E-state index contributed by atoms with van der Waals surface area (Å²) in [6.45, 7) is 4.67. The van der Waals surface area contributed by atoms with Crippen LogP contribution in [0.4, 0.5) is 0 Å². The maximum atomic E-state index is 5.03. The molecule has 0 unspecified atom stereocenters. The second-order valence-electron chi connectivity index (χ2n) is 7.94. The third kappa shape index (κ3) is 16.2. The van der Waals surface area contributed by atoms with Gasteiger partial charge in [0.15, 0.2) is 0 Å². The predicted molar refractivity (Wildman–Crippen MR) is 102 cm³/mol. The maximum Gasteiger partial charge on any atom is 0.138 e. The van der Waals surface area contributed by atoms with Crippen molar-refractivity contribution < 1.29 is 4.74 Å². The standard InChI is InChI=1S/C22H42O/c1-21(2)18-16-14-12-10-8-6-4-3-5-7-9-11-13-15-17-19-22-20-23-22/h20-21H,3-19H2,1-2H3. The first kappa shape index (κ1) is 20.6. The summed E-state index contributed by atoms with van der Waals surface area (Å²) in [4.78, 5) is 0. The van der Waals surface area contributed by atoms with Gasteiger partial charge in [-0.25, -0.2) is 0 Å². The van der Waals surface area contributed by atoms with Crippen LogP contribution in [0.3, 0.4) is 0 Å². The lowest BCUT2D eigenvalue weighted by Gasteiger charge is -2.05. The van der Waals surface area contributed by atoms with Crippen LogP contribution in [-0.4, -0.2) is 0 Å². The van der Waals surface area contributed by atoms with Gasteiger partial charge in [0.25, 0.3) is 0 Å². The van der Waals surface area contributed by atoms with E-state index < -0.39 is 0 Å². The van der Waals surface area contributed by atoms with Gasteiger partial charge in [0.2, 0.25) is 0 Å². The first-order valence-corrected chi connectivity index (χ1v) is 10.6. The van der Waals surface area contributed by atoms with Gasteiger partial charge in [0.1, 0.15) is 12.0 Å². The summed E-state index contributed by atoms with van der Waals surface area (Å²) in [7, 11) is 0. The van der Waals surface area contributed by atoms with Crippen LogP contribution < -0.4 is 0 Å².